The Morgan fingerprint density at radius 2 is 1.74 bits per heavy atom. The largest absolute Gasteiger partial charge is 0.235 e. The second-order valence-corrected chi connectivity index (χ2v) is 5.94. The van der Waals surface area contributed by atoms with E-state index in [9.17, 15) is 0 Å². The molecule has 0 radical (unpaired) electrons. The molecule has 0 unspecified atom stereocenters. The second-order valence-electron chi connectivity index (χ2n) is 5.51. The van der Waals surface area contributed by atoms with E-state index in [1.165, 1.54) is 5.56 Å². The van der Waals surface area contributed by atoms with Gasteiger partial charge in [-0.3, -0.25) is 0 Å². The smallest absolute Gasteiger partial charge is 0.154 e. The zero-order chi connectivity index (χ0) is 15.8. The summed E-state index contributed by atoms with van der Waals surface area (Å²) in [7, 11) is 0. The number of hydrogen-bond acceptors (Lipinski definition) is 2. The van der Waals surface area contributed by atoms with Gasteiger partial charge in [-0.15, -0.1) is 0 Å². The first-order valence-electron chi connectivity index (χ1n) is 7.38. The molecule has 0 aliphatic carbocycles. The molecule has 0 aliphatic heterocycles. The molecule has 4 heteroatoms. The van der Waals surface area contributed by atoms with Crippen molar-refractivity contribution in [3.8, 4) is 22.5 Å². The van der Waals surface area contributed by atoms with E-state index in [0.29, 0.717) is 0 Å². The van der Waals surface area contributed by atoms with E-state index in [0.717, 1.165) is 33.2 Å². The molecule has 0 atom stereocenters. The fraction of sp³-hybridized carbons (Fsp3) is 0.0526. The number of aromatic nitrogens is 3. The molecule has 23 heavy (non-hydrogen) atoms. The molecule has 0 aliphatic rings. The van der Waals surface area contributed by atoms with Gasteiger partial charge in [-0.2, -0.15) is 5.10 Å². The summed E-state index contributed by atoms with van der Waals surface area (Å²) in [6.07, 6.45) is 1.84. The van der Waals surface area contributed by atoms with Crippen molar-refractivity contribution >= 4 is 17.2 Å². The maximum Gasteiger partial charge on any atom is 0.154 e. The summed E-state index contributed by atoms with van der Waals surface area (Å²) >= 11 is 5.97. The van der Waals surface area contributed by atoms with E-state index in [4.69, 9.17) is 16.7 Å². The molecule has 0 fully saturated rings. The van der Waals surface area contributed by atoms with Gasteiger partial charge in [0.1, 0.15) is 0 Å². The zero-order valence-corrected chi connectivity index (χ0v) is 13.3. The van der Waals surface area contributed by atoms with Crippen LogP contribution in [0.5, 0.6) is 0 Å². The first-order valence-corrected chi connectivity index (χ1v) is 7.76. The maximum atomic E-state index is 5.97. The Labute approximate surface area is 139 Å². The standard InChI is InChI=1S/C19H14ClN3/c1-13-3-2-4-15(11-13)17-9-10-19-21-12-18(23(19)22-17)14-5-7-16(20)8-6-14/h2-12H,1H3. The van der Waals surface area contributed by atoms with Crippen molar-refractivity contribution < 1.29 is 0 Å². The highest BCUT2D eigenvalue weighted by atomic mass is 35.5. The zero-order valence-electron chi connectivity index (χ0n) is 12.6. The second kappa shape index (κ2) is 5.52. The number of imidazole rings is 1. The van der Waals surface area contributed by atoms with Gasteiger partial charge in [0.05, 0.1) is 17.6 Å². The van der Waals surface area contributed by atoms with E-state index in [-0.39, 0.29) is 0 Å². The van der Waals surface area contributed by atoms with Gasteiger partial charge in [-0.25, -0.2) is 9.50 Å². The number of halogens is 1. The Morgan fingerprint density at radius 1 is 0.913 bits per heavy atom. The van der Waals surface area contributed by atoms with E-state index in [1.807, 2.05) is 53.2 Å². The molecular weight excluding hydrogens is 306 g/mol. The highest BCUT2D eigenvalue weighted by Gasteiger charge is 2.09. The van der Waals surface area contributed by atoms with Crippen LogP contribution in [0, 0.1) is 6.92 Å². The SMILES string of the molecule is Cc1cccc(-c2ccc3ncc(-c4ccc(Cl)cc4)n3n2)c1. The van der Waals surface area contributed by atoms with Gasteiger partial charge in [0, 0.05) is 16.1 Å². The summed E-state index contributed by atoms with van der Waals surface area (Å²) in [5.41, 5.74) is 6.05. The third-order valence-corrected chi connectivity index (χ3v) is 4.07. The van der Waals surface area contributed by atoms with Crippen molar-refractivity contribution in [2.75, 3.05) is 0 Å². The fourth-order valence-electron chi connectivity index (χ4n) is 2.65. The van der Waals surface area contributed by atoms with Crippen LogP contribution in [0.3, 0.4) is 0 Å². The van der Waals surface area contributed by atoms with Gasteiger partial charge >= 0.3 is 0 Å². The quantitative estimate of drug-likeness (QED) is 0.519. The molecular formula is C19H14ClN3. The number of fused-ring (bicyclic) bond motifs is 1. The Morgan fingerprint density at radius 3 is 2.52 bits per heavy atom. The topological polar surface area (TPSA) is 30.2 Å². The molecule has 0 saturated carbocycles. The highest BCUT2D eigenvalue weighted by molar-refractivity contribution is 6.30. The van der Waals surface area contributed by atoms with Crippen LogP contribution < -0.4 is 0 Å². The first-order chi connectivity index (χ1) is 11.2. The molecule has 4 rings (SSSR count). The summed E-state index contributed by atoms with van der Waals surface area (Å²) in [4.78, 5) is 4.44. The monoisotopic (exact) mass is 319 g/mol. The molecule has 4 aromatic rings. The molecule has 0 bridgehead atoms. The number of hydrogen-bond donors (Lipinski definition) is 0. The lowest BCUT2D eigenvalue weighted by Gasteiger charge is -2.05. The van der Waals surface area contributed by atoms with Crippen LogP contribution in [-0.4, -0.2) is 14.6 Å². The summed E-state index contributed by atoms with van der Waals surface area (Å²) < 4.78 is 1.88. The molecule has 3 nitrogen and oxygen atoms in total. The molecule has 0 spiro atoms. The lowest BCUT2D eigenvalue weighted by molar-refractivity contribution is 0.949. The average molecular weight is 320 g/mol. The molecule has 0 N–H and O–H groups in total. The molecule has 0 amide bonds. The van der Waals surface area contributed by atoms with Gasteiger partial charge in [0.2, 0.25) is 0 Å². The van der Waals surface area contributed by atoms with Gasteiger partial charge in [0.15, 0.2) is 5.65 Å². The van der Waals surface area contributed by atoms with Crippen LogP contribution >= 0.6 is 11.6 Å². The summed E-state index contributed by atoms with van der Waals surface area (Å²) in [6, 6.07) is 20.0. The Kier molecular flexibility index (Phi) is 3.36. The van der Waals surface area contributed by atoms with Crippen molar-refractivity contribution in [3.63, 3.8) is 0 Å². The van der Waals surface area contributed by atoms with Crippen molar-refractivity contribution in [2.24, 2.45) is 0 Å². The molecule has 2 aromatic heterocycles. The number of benzene rings is 2. The van der Waals surface area contributed by atoms with Crippen LogP contribution in [0.2, 0.25) is 5.02 Å². The van der Waals surface area contributed by atoms with Crippen LogP contribution in [-0.2, 0) is 0 Å². The van der Waals surface area contributed by atoms with Crippen molar-refractivity contribution in [1.29, 1.82) is 0 Å². The van der Waals surface area contributed by atoms with Crippen molar-refractivity contribution in [2.45, 2.75) is 6.92 Å². The van der Waals surface area contributed by atoms with Gasteiger partial charge in [0.25, 0.3) is 0 Å². The van der Waals surface area contributed by atoms with Crippen LogP contribution in [0.15, 0.2) is 66.9 Å². The van der Waals surface area contributed by atoms with Crippen LogP contribution in [0.4, 0.5) is 0 Å². The Hall–Kier alpha value is -2.65. The predicted molar refractivity (Wildman–Crippen MR) is 93.6 cm³/mol. The highest BCUT2D eigenvalue weighted by Crippen LogP contribution is 2.24. The number of aryl methyl sites for hydroxylation is 1. The number of nitrogens with zero attached hydrogens (tertiary/aromatic N) is 3. The minimum absolute atomic E-state index is 0.718. The molecule has 2 heterocycles. The van der Waals surface area contributed by atoms with Crippen molar-refractivity contribution in [3.05, 3.63) is 77.4 Å². The predicted octanol–water partition coefficient (Wildman–Crippen LogP) is 5.03. The van der Waals surface area contributed by atoms with Gasteiger partial charge in [-0.05, 0) is 37.3 Å². The fourth-order valence-corrected chi connectivity index (χ4v) is 2.78. The van der Waals surface area contributed by atoms with E-state index >= 15 is 0 Å². The minimum Gasteiger partial charge on any atom is -0.235 e. The van der Waals surface area contributed by atoms with E-state index in [1.54, 1.807) is 0 Å². The Bertz CT molecular complexity index is 987. The van der Waals surface area contributed by atoms with Crippen LogP contribution in [0.25, 0.3) is 28.2 Å². The average Bonchev–Trinajstić information content (AvgIpc) is 2.99. The summed E-state index contributed by atoms with van der Waals surface area (Å²) in [5.74, 6) is 0. The third-order valence-electron chi connectivity index (χ3n) is 3.82. The lowest BCUT2D eigenvalue weighted by atomic mass is 10.1. The van der Waals surface area contributed by atoms with Crippen LogP contribution in [0.1, 0.15) is 5.56 Å². The Balaban J connectivity index is 1.88. The van der Waals surface area contributed by atoms with Gasteiger partial charge in [-0.1, -0.05) is 47.5 Å². The summed E-state index contributed by atoms with van der Waals surface area (Å²) in [5, 5.41) is 5.49. The lowest BCUT2D eigenvalue weighted by Crippen LogP contribution is -1.96. The van der Waals surface area contributed by atoms with Crippen molar-refractivity contribution in [1.82, 2.24) is 14.6 Å². The molecule has 0 saturated heterocycles. The van der Waals surface area contributed by atoms with Gasteiger partial charge < -0.3 is 0 Å². The number of rotatable bonds is 2. The third kappa shape index (κ3) is 2.60. The first kappa shape index (κ1) is 14.0. The minimum atomic E-state index is 0.718. The summed E-state index contributed by atoms with van der Waals surface area (Å²) in [6.45, 7) is 2.08. The molecule has 2 aromatic carbocycles. The molecule has 112 valence electrons. The van der Waals surface area contributed by atoms with E-state index in [2.05, 4.69) is 30.1 Å². The van der Waals surface area contributed by atoms with E-state index < -0.39 is 0 Å². The normalized spacial score (nSPS) is 11.0. The maximum absolute atomic E-state index is 5.97.